The molecule has 0 saturated heterocycles. The molecular formula is C53H57N5. The molecule has 7 aromatic rings. The summed E-state index contributed by atoms with van der Waals surface area (Å²) in [4.78, 5) is 24.5. The molecule has 58 heavy (non-hydrogen) atoms. The lowest BCUT2D eigenvalue weighted by Gasteiger charge is -2.26. The fourth-order valence-corrected chi connectivity index (χ4v) is 7.03. The molecule has 2 aromatic heterocycles. The molecule has 0 amide bonds. The molecule has 0 aliphatic carbocycles. The lowest BCUT2D eigenvalue weighted by atomic mass is 9.79. The molecule has 7 rings (SSSR count). The van der Waals surface area contributed by atoms with Gasteiger partial charge in [0, 0.05) is 34.6 Å². The Hall–Kier alpha value is -5.81. The summed E-state index contributed by atoms with van der Waals surface area (Å²) >= 11 is 0. The quantitative estimate of drug-likeness (QED) is 0.169. The molecule has 0 aliphatic heterocycles. The van der Waals surface area contributed by atoms with Crippen LogP contribution in [0.1, 0.15) is 105 Å². The van der Waals surface area contributed by atoms with Crippen molar-refractivity contribution in [3.63, 3.8) is 0 Å². The molecule has 0 fully saturated rings. The Balaban J connectivity index is 1.40. The molecule has 0 atom stereocenters. The SMILES string of the molecule is CC(C)(C)c1cc(-c2cccc(-c3nc(-c4cccc(-c5cc(C(C)(C)C)cc(C(C)(C)C)c5)c4)nc(-c4cccc(-c5cnccn5)c4)n3)c2)cc(C(C)(C)C)c1. The first-order valence-corrected chi connectivity index (χ1v) is 20.4. The molecule has 2 heterocycles. The van der Waals surface area contributed by atoms with E-state index in [-0.39, 0.29) is 21.7 Å². The van der Waals surface area contributed by atoms with Gasteiger partial charge in [-0.15, -0.1) is 0 Å². The van der Waals surface area contributed by atoms with Crippen molar-refractivity contribution in [3.05, 3.63) is 150 Å². The van der Waals surface area contributed by atoms with E-state index in [9.17, 15) is 0 Å². The van der Waals surface area contributed by atoms with E-state index in [2.05, 4.69) is 184 Å². The molecule has 0 radical (unpaired) electrons. The number of rotatable bonds is 6. The maximum atomic E-state index is 5.23. The minimum atomic E-state index is 0.00240. The van der Waals surface area contributed by atoms with E-state index in [4.69, 9.17) is 15.0 Å². The fourth-order valence-electron chi connectivity index (χ4n) is 7.03. The van der Waals surface area contributed by atoms with E-state index >= 15 is 0 Å². The summed E-state index contributed by atoms with van der Waals surface area (Å²) in [6.45, 7) is 27.4. The van der Waals surface area contributed by atoms with Gasteiger partial charge >= 0.3 is 0 Å². The number of hydrogen-bond donors (Lipinski definition) is 0. The minimum Gasteiger partial charge on any atom is -0.261 e. The van der Waals surface area contributed by atoms with Crippen molar-refractivity contribution in [2.75, 3.05) is 0 Å². The third kappa shape index (κ3) is 9.00. The molecule has 5 heteroatoms. The Morgan fingerprint density at radius 3 is 0.983 bits per heavy atom. The van der Waals surface area contributed by atoms with Gasteiger partial charge in [0.1, 0.15) is 0 Å². The zero-order valence-electron chi connectivity index (χ0n) is 36.4. The maximum Gasteiger partial charge on any atom is 0.164 e. The molecule has 0 bridgehead atoms. The Morgan fingerprint density at radius 2 is 0.655 bits per heavy atom. The summed E-state index contributed by atoms with van der Waals surface area (Å²) in [5, 5.41) is 0. The second-order valence-corrected chi connectivity index (χ2v) is 19.7. The van der Waals surface area contributed by atoms with Crippen molar-refractivity contribution in [1.82, 2.24) is 24.9 Å². The first-order valence-electron chi connectivity index (χ1n) is 20.4. The summed E-state index contributed by atoms with van der Waals surface area (Å²) in [7, 11) is 0. The van der Waals surface area contributed by atoms with E-state index in [1.165, 1.54) is 33.4 Å². The van der Waals surface area contributed by atoms with Crippen molar-refractivity contribution >= 4 is 0 Å². The lowest BCUT2D eigenvalue weighted by molar-refractivity contribution is 0.568. The Bertz CT molecular complexity index is 2390. The third-order valence-electron chi connectivity index (χ3n) is 10.9. The van der Waals surface area contributed by atoms with Crippen molar-refractivity contribution in [2.24, 2.45) is 0 Å². The zero-order valence-corrected chi connectivity index (χ0v) is 36.4. The highest BCUT2D eigenvalue weighted by atomic mass is 15.0. The van der Waals surface area contributed by atoms with Gasteiger partial charge in [-0.1, -0.05) is 174 Å². The monoisotopic (exact) mass is 763 g/mol. The summed E-state index contributed by atoms with van der Waals surface area (Å²) in [6.07, 6.45) is 5.18. The van der Waals surface area contributed by atoms with E-state index < -0.39 is 0 Å². The van der Waals surface area contributed by atoms with Gasteiger partial charge in [-0.2, -0.15) is 0 Å². The van der Waals surface area contributed by atoms with Crippen LogP contribution < -0.4 is 0 Å². The predicted molar refractivity (Wildman–Crippen MR) is 243 cm³/mol. The topological polar surface area (TPSA) is 64.5 Å². The van der Waals surface area contributed by atoms with Crippen LogP contribution in [0.25, 0.3) is 67.7 Å². The number of hydrogen-bond acceptors (Lipinski definition) is 5. The van der Waals surface area contributed by atoms with Gasteiger partial charge in [0.05, 0.1) is 11.9 Å². The second kappa shape index (κ2) is 15.2. The summed E-state index contributed by atoms with van der Waals surface area (Å²) in [5.74, 6) is 1.82. The number of aromatic nitrogens is 5. The van der Waals surface area contributed by atoms with E-state index in [0.29, 0.717) is 17.5 Å². The van der Waals surface area contributed by atoms with Gasteiger partial charge in [-0.25, -0.2) is 15.0 Å². The third-order valence-corrected chi connectivity index (χ3v) is 10.9. The van der Waals surface area contributed by atoms with E-state index in [1.54, 1.807) is 18.6 Å². The van der Waals surface area contributed by atoms with Crippen LogP contribution in [0, 0.1) is 0 Å². The Morgan fingerprint density at radius 1 is 0.328 bits per heavy atom. The van der Waals surface area contributed by atoms with Crippen LogP contribution >= 0.6 is 0 Å². The second-order valence-electron chi connectivity index (χ2n) is 19.7. The van der Waals surface area contributed by atoms with Crippen LogP contribution in [-0.2, 0) is 21.7 Å². The van der Waals surface area contributed by atoms with Crippen molar-refractivity contribution in [1.29, 1.82) is 0 Å². The molecule has 0 N–H and O–H groups in total. The van der Waals surface area contributed by atoms with Crippen LogP contribution in [0.15, 0.2) is 128 Å². The maximum absolute atomic E-state index is 5.23. The van der Waals surface area contributed by atoms with Crippen LogP contribution in [0.2, 0.25) is 0 Å². The van der Waals surface area contributed by atoms with Crippen LogP contribution in [-0.4, -0.2) is 24.9 Å². The lowest BCUT2D eigenvalue weighted by Crippen LogP contribution is -2.16. The normalized spacial score (nSPS) is 12.5. The fraction of sp³-hybridized carbons (Fsp3) is 0.302. The Labute approximate surface area is 346 Å². The Kier molecular flexibility index (Phi) is 10.6. The molecule has 0 saturated carbocycles. The molecular weight excluding hydrogens is 707 g/mol. The molecule has 0 aliphatic rings. The van der Waals surface area contributed by atoms with Gasteiger partial charge in [0.25, 0.3) is 0 Å². The van der Waals surface area contributed by atoms with Gasteiger partial charge < -0.3 is 0 Å². The molecule has 0 spiro atoms. The smallest absolute Gasteiger partial charge is 0.164 e. The summed E-state index contributed by atoms with van der Waals surface area (Å²) in [6, 6.07) is 39.5. The summed E-state index contributed by atoms with van der Waals surface area (Å²) in [5.41, 5.74) is 14.3. The predicted octanol–water partition coefficient (Wildman–Crippen LogP) is 13.9. The van der Waals surface area contributed by atoms with Crippen molar-refractivity contribution in [3.8, 4) is 67.7 Å². The highest BCUT2D eigenvalue weighted by Crippen LogP contribution is 2.38. The van der Waals surface area contributed by atoms with Crippen molar-refractivity contribution in [2.45, 2.75) is 105 Å². The number of benzene rings is 5. The molecule has 294 valence electrons. The average Bonchev–Trinajstić information content (AvgIpc) is 3.19. The van der Waals surface area contributed by atoms with Gasteiger partial charge in [0.15, 0.2) is 17.5 Å². The van der Waals surface area contributed by atoms with E-state index in [0.717, 1.165) is 39.1 Å². The van der Waals surface area contributed by atoms with E-state index in [1.807, 2.05) is 18.2 Å². The van der Waals surface area contributed by atoms with Crippen LogP contribution in [0.3, 0.4) is 0 Å². The van der Waals surface area contributed by atoms with Crippen molar-refractivity contribution < 1.29 is 0 Å². The van der Waals surface area contributed by atoms with Crippen LogP contribution in [0.5, 0.6) is 0 Å². The largest absolute Gasteiger partial charge is 0.261 e. The van der Waals surface area contributed by atoms with Gasteiger partial charge in [-0.3, -0.25) is 9.97 Å². The first-order chi connectivity index (χ1) is 27.2. The van der Waals surface area contributed by atoms with Gasteiger partial charge in [-0.05, 0) is 84.4 Å². The molecule has 5 aromatic carbocycles. The zero-order chi connectivity index (χ0) is 41.6. The highest BCUT2D eigenvalue weighted by Gasteiger charge is 2.23. The minimum absolute atomic E-state index is 0.00240. The standard InChI is InChI=1S/C53H57N5/c1-50(2,3)42-27-40(28-43(31-42)51(4,5)6)34-16-13-19-37(24-34)47-56-48(58-49(57-47)39-21-15-18-36(26-39)46-33-54-22-23-55-46)38-20-14-17-35(25-38)41-29-44(52(7,8)9)32-45(30-41)53(10,11)12/h13-33H,1-12H3. The van der Waals surface area contributed by atoms with Crippen LogP contribution in [0.4, 0.5) is 0 Å². The van der Waals surface area contributed by atoms with Gasteiger partial charge in [0.2, 0.25) is 0 Å². The number of nitrogens with zero attached hydrogens (tertiary/aromatic N) is 5. The highest BCUT2D eigenvalue weighted by molar-refractivity contribution is 5.76. The first kappa shape index (κ1) is 40.4. The summed E-state index contributed by atoms with van der Waals surface area (Å²) < 4.78 is 0. The molecule has 0 unspecified atom stereocenters. The average molecular weight is 764 g/mol. The molecule has 5 nitrogen and oxygen atoms in total.